The molecule has 1 aliphatic rings. The van der Waals surface area contributed by atoms with Gasteiger partial charge in [0, 0.05) is 25.6 Å². The minimum Gasteiger partial charge on any atom is -0.321 e. The summed E-state index contributed by atoms with van der Waals surface area (Å²) in [6.07, 6.45) is 0.612. The highest BCUT2D eigenvalue weighted by molar-refractivity contribution is 6.44. The van der Waals surface area contributed by atoms with Crippen molar-refractivity contribution in [1.29, 1.82) is 0 Å². The second kappa shape index (κ2) is 5.59. The van der Waals surface area contributed by atoms with Gasteiger partial charge in [0.25, 0.3) is 5.91 Å². The molecule has 1 heterocycles. The van der Waals surface area contributed by atoms with E-state index >= 15 is 0 Å². The fraction of sp³-hybridized carbons (Fsp3) is 0.250. The van der Waals surface area contributed by atoms with Gasteiger partial charge in [-0.25, -0.2) is 5.01 Å². The molecule has 100 valence electrons. The normalized spacial score (nSPS) is 15.2. The highest BCUT2D eigenvalue weighted by Gasteiger charge is 2.22. The summed E-state index contributed by atoms with van der Waals surface area (Å²) >= 11 is 11.6. The minimum atomic E-state index is -0.349. The van der Waals surface area contributed by atoms with Crippen LogP contribution in [0.1, 0.15) is 12.8 Å². The van der Waals surface area contributed by atoms with E-state index in [1.54, 1.807) is 18.2 Å². The van der Waals surface area contributed by atoms with Crippen LogP contribution in [0, 0.1) is 0 Å². The topological polar surface area (TPSA) is 61.8 Å². The number of hydrazone groups is 1. The van der Waals surface area contributed by atoms with Crippen molar-refractivity contribution in [1.82, 2.24) is 5.01 Å². The van der Waals surface area contributed by atoms with Crippen molar-refractivity contribution in [3.8, 4) is 0 Å². The Hall–Kier alpha value is -1.59. The maximum Gasteiger partial charge on any atom is 0.271 e. The molecule has 2 rings (SSSR count). The van der Waals surface area contributed by atoms with E-state index in [0.717, 1.165) is 0 Å². The first-order chi connectivity index (χ1) is 8.97. The second-order valence-electron chi connectivity index (χ2n) is 4.05. The zero-order chi connectivity index (χ0) is 14.0. The summed E-state index contributed by atoms with van der Waals surface area (Å²) in [6, 6.07) is 4.79. The van der Waals surface area contributed by atoms with Gasteiger partial charge in [-0.2, -0.15) is 5.10 Å². The number of hydrogen-bond donors (Lipinski definition) is 1. The second-order valence-corrected chi connectivity index (χ2v) is 4.86. The van der Waals surface area contributed by atoms with Crippen molar-refractivity contribution in [2.24, 2.45) is 5.10 Å². The van der Waals surface area contributed by atoms with Gasteiger partial charge in [0.15, 0.2) is 0 Å². The summed E-state index contributed by atoms with van der Waals surface area (Å²) in [4.78, 5) is 23.2. The molecule has 0 saturated heterocycles. The summed E-state index contributed by atoms with van der Waals surface area (Å²) in [5.41, 5.74) is 0.842. The predicted octanol–water partition coefficient (Wildman–Crippen LogP) is 2.54. The van der Waals surface area contributed by atoms with Gasteiger partial charge in [0.05, 0.1) is 10.0 Å². The lowest BCUT2D eigenvalue weighted by Gasteiger charge is -2.18. The Balaban J connectivity index is 2.11. The number of benzene rings is 1. The van der Waals surface area contributed by atoms with Crippen LogP contribution >= 0.6 is 23.2 Å². The van der Waals surface area contributed by atoms with Crippen LogP contribution < -0.4 is 5.32 Å². The molecule has 0 bridgehead atoms. The van der Waals surface area contributed by atoms with Gasteiger partial charge in [0.2, 0.25) is 5.91 Å². The first-order valence-corrected chi connectivity index (χ1v) is 6.33. The number of hydrogen-bond acceptors (Lipinski definition) is 3. The van der Waals surface area contributed by atoms with Crippen molar-refractivity contribution in [2.45, 2.75) is 12.8 Å². The molecule has 7 heteroatoms. The standard InChI is InChI=1S/C12H11Cl2N3O2/c1-17-11(18)5-4-10(16-17)12(19)15-7-2-3-8(13)9(14)6-7/h2-3,6H,4-5H2,1H3,(H,15,19). The van der Waals surface area contributed by atoms with Gasteiger partial charge in [-0.05, 0) is 18.2 Å². The Labute approximate surface area is 120 Å². The molecule has 0 fully saturated rings. The molecule has 0 saturated carbocycles. The van der Waals surface area contributed by atoms with Crippen LogP contribution in [0.3, 0.4) is 0 Å². The quantitative estimate of drug-likeness (QED) is 0.912. The monoisotopic (exact) mass is 299 g/mol. The van der Waals surface area contributed by atoms with E-state index in [1.807, 2.05) is 0 Å². The molecule has 0 aliphatic carbocycles. The average molecular weight is 300 g/mol. The molecule has 1 aliphatic heterocycles. The maximum atomic E-state index is 12.0. The predicted molar refractivity (Wildman–Crippen MR) is 74.5 cm³/mol. The van der Waals surface area contributed by atoms with Crippen molar-refractivity contribution in [3.63, 3.8) is 0 Å². The third-order valence-electron chi connectivity index (χ3n) is 2.65. The largest absolute Gasteiger partial charge is 0.321 e. The van der Waals surface area contributed by atoms with Crippen LogP contribution in [0.5, 0.6) is 0 Å². The molecular weight excluding hydrogens is 289 g/mol. The molecular formula is C12H11Cl2N3O2. The first-order valence-electron chi connectivity index (χ1n) is 5.58. The van der Waals surface area contributed by atoms with Gasteiger partial charge in [-0.15, -0.1) is 0 Å². The van der Waals surface area contributed by atoms with Crippen LogP contribution in [0.2, 0.25) is 10.0 Å². The molecule has 0 aromatic heterocycles. The highest BCUT2D eigenvalue weighted by Crippen LogP contribution is 2.25. The first kappa shape index (κ1) is 13.8. The van der Waals surface area contributed by atoms with E-state index in [-0.39, 0.29) is 18.2 Å². The number of carbonyl (C=O) groups is 2. The molecule has 0 unspecified atom stereocenters. The van der Waals surface area contributed by atoms with Crippen LogP contribution in [0.15, 0.2) is 23.3 Å². The molecule has 0 atom stereocenters. The Kier molecular flexibility index (Phi) is 4.07. The van der Waals surface area contributed by atoms with Gasteiger partial charge < -0.3 is 5.32 Å². The average Bonchev–Trinajstić information content (AvgIpc) is 2.37. The SMILES string of the molecule is CN1N=C(C(=O)Nc2ccc(Cl)c(Cl)c2)CCC1=O. The fourth-order valence-electron chi connectivity index (χ4n) is 1.61. The highest BCUT2D eigenvalue weighted by atomic mass is 35.5. The van der Waals surface area contributed by atoms with E-state index in [0.29, 0.717) is 27.9 Å². The van der Waals surface area contributed by atoms with Crippen molar-refractivity contribution >= 4 is 46.4 Å². The number of anilines is 1. The molecule has 0 radical (unpaired) electrons. The lowest BCUT2D eigenvalue weighted by atomic mass is 10.1. The molecule has 2 amide bonds. The van der Waals surface area contributed by atoms with Gasteiger partial charge in [-0.1, -0.05) is 23.2 Å². The van der Waals surface area contributed by atoms with Gasteiger partial charge in [0.1, 0.15) is 5.71 Å². The fourth-order valence-corrected chi connectivity index (χ4v) is 1.91. The Morgan fingerprint density at radius 3 is 2.68 bits per heavy atom. The molecule has 1 aromatic rings. The molecule has 5 nitrogen and oxygen atoms in total. The maximum absolute atomic E-state index is 12.0. The van der Waals surface area contributed by atoms with E-state index in [1.165, 1.54) is 12.1 Å². The van der Waals surface area contributed by atoms with Gasteiger partial charge in [-0.3, -0.25) is 9.59 Å². The summed E-state index contributed by atoms with van der Waals surface area (Å²) in [7, 11) is 1.52. The molecule has 19 heavy (non-hydrogen) atoms. The Bertz CT molecular complexity index is 572. The van der Waals surface area contributed by atoms with E-state index < -0.39 is 0 Å². The summed E-state index contributed by atoms with van der Waals surface area (Å²) in [6.45, 7) is 0. The van der Waals surface area contributed by atoms with Crippen LogP contribution in [0.25, 0.3) is 0 Å². The number of nitrogens with one attached hydrogen (secondary N) is 1. The minimum absolute atomic E-state index is 0.105. The van der Waals surface area contributed by atoms with Crippen molar-refractivity contribution in [2.75, 3.05) is 12.4 Å². The third-order valence-corrected chi connectivity index (χ3v) is 3.39. The van der Waals surface area contributed by atoms with Crippen LogP contribution in [0.4, 0.5) is 5.69 Å². The molecule has 1 N–H and O–H groups in total. The molecule has 0 spiro atoms. The Morgan fingerprint density at radius 1 is 1.32 bits per heavy atom. The van der Waals surface area contributed by atoms with E-state index in [9.17, 15) is 9.59 Å². The van der Waals surface area contributed by atoms with Gasteiger partial charge >= 0.3 is 0 Å². The smallest absolute Gasteiger partial charge is 0.271 e. The summed E-state index contributed by atoms with van der Waals surface area (Å²) in [5.74, 6) is -0.455. The molecule has 1 aromatic carbocycles. The third kappa shape index (κ3) is 3.24. The lowest BCUT2D eigenvalue weighted by Crippen LogP contribution is -2.34. The number of rotatable bonds is 2. The van der Waals surface area contributed by atoms with E-state index in [2.05, 4.69) is 10.4 Å². The zero-order valence-corrected chi connectivity index (χ0v) is 11.6. The zero-order valence-electron chi connectivity index (χ0n) is 10.1. The van der Waals surface area contributed by atoms with E-state index in [4.69, 9.17) is 23.2 Å². The number of amides is 2. The van der Waals surface area contributed by atoms with Crippen molar-refractivity contribution in [3.05, 3.63) is 28.2 Å². The number of nitrogens with zero attached hydrogens (tertiary/aromatic N) is 2. The van der Waals surface area contributed by atoms with Crippen LogP contribution in [-0.4, -0.2) is 29.6 Å². The lowest BCUT2D eigenvalue weighted by molar-refractivity contribution is -0.130. The summed E-state index contributed by atoms with van der Waals surface area (Å²) in [5, 5.41) is 8.54. The number of halogens is 2. The Morgan fingerprint density at radius 2 is 2.05 bits per heavy atom. The summed E-state index contributed by atoms with van der Waals surface area (Å²) < 4.78 is 0. The van der Waals surface area contributed by atoms with Crippen LogP contribution in [-0.2, 0) is 9.59 Å². The van der Waals surface area contributed by atoms with Crippen molar-refractivity contribution < 1.29 is 9.59 Å². The number of carbonyl (C=O) groups excluding carboxylic acids is 2.